The maximum Gasteiger partial charge on any atom is 0.0347 e. The van der Waals surface area contributed by atoms with E-state index in [1.807, 2.05) is 6.07 Å². The molecular formula is C19H20N2. The van der Waals surface area contributed by atoms with E-state index >= 15 is 0 Å². The van der Waals surface area contributed by atoms with Crippen molar-refractivity contribution in [1.82, 2.24) is 5.32 Å². The summed E-state index contributed by atoms with van der Waals surface area (Å²) in [4.78, 5) is 0. The molecule has 21 heavy (non-hydrogen) atoms. The van der Waals surface area contributed by atoms with Gasteiger partial charge in [0.25, 0.3) is 0 Å². The maximum atomic E-state index is 3.46. The first-order valence-corrected chi connectivity index (χ1v) is 7.39. The van der Waals surface area contributed by atoms with E-state index in [4.69, 9.17) is 0 Å². The minimum absolute atomic E-state index is 0.917. The summed E-state index contributed by atoms with van der Waals surface area (Å²) in [6.07, 6.45) is 0. The molecule has 0 spiro atoms. The lowest BCUT2D eigenvalue weighted by molar-refractivity contribution is 0.707. The van der Waals surface area contributed by atoms with E-state index in [0.717, 1.165) is 19.6 Å². The van der Waals surface area contributed by atoms with Gasteiger partial charge in [0.2, 0.25) is 0 Å². The molecule has 0 amide bonds. The van der Waals surface area contributed by atoms with Gasteiger partial charge >= 0.3 is 0 Å². The molecule has 0 unspecified atom stereocenters. The van der Waals surface area contributed by atoms with Crippen molar-refractivity contribution in [2.45, 2.75) is 6.54 Å². The second-order valence-electron chi connectivity index (χ2n) is 5.15. The third kappa shape index (κ3) is 3.83. The van der Waals surface area contributed by atoms with Crippen LogP contribution < -0.4 is 10.6 Å². The summed E-state index contributed by atoms with van der Waals surface area (Å²) < 4.78 is 0. The number of hydrogen-bond acceptors (Lipinski definition) is 2. The Hall–Kier alpha value is -2.32. The van der Waals surface area contributed by atoms with Crippen LogP contribution in [-0.4, -0.2) is 13.1 Å². The lowest BCUT2D eigenvalue weighted by atomic mass is 10.1. The molecule has 3 aromatic rings. The Morgan fingerprint density at radius 3 is 2.29 bits per heavy atom. The van der Waals surface area contributed by atoms with Gasteiger partial charge in [0.05, 0.1) is 0 Å². The van der Waals surface area contributed by atoms with Crippen molar-refractivity contribution in [3.8, 4) is 0 Å². The van der Waals surface area contributed by atoms with Gasteiger partial charge in [-0.15, -0.1) is 0 Å². The van der Waals surface area contributed by atoms with Crippen LogP contribution in [0.4, 0.5) is 5.69 Å². The first-order chi connectivity index (χ1) is 10.4. The monoisotopic (exact) mass is 276 g/mol. The zero-order valence-corrected chi connectivity index (χ0v) is 12.0. The highest BCUT2D eigenvalue weighted by molar-refractivity contribution is 5.85. The summed E-state index contributed by atoms with van der Waals surface area (Å²) in [6.45, 7) is 2.78. The molecule has 2 nitrogen and oxygen atoms in total. The second kappa shape index (κ2) is 6.91. The fourth-order valence-electron chi connectivity index (χ4n) is 2.42. The van der Waals surface area contributed by atoms with Crippen molar-refractivity contribution in [3.05, 3.63) is 78.4 Å². The van der Waals surface area contributed by atoms with Crippen molar-refractivity contribution in [2.75, 3.05) is 18.4 Å². The first-order valence-electron chi connectivity index (χ1n) is 7.39. The molecule has 3 rings (SSSR count). The third-order valence-electron chi connectivity index (χ3n) is 3.55. The van der Waals surface area contributed by atoms with Crippen molar-refractivity contribution in [2.24, 2.45) is 0 Å². The van der Waals surface area contributed by atoms with E-state index in [-0.39, 0.29) is 0 Å². The van der Waals surface area contributed by atoms with E-state index < -0.39 is 0 Å². The molecule has 2 heteroatoms. The van der Waals surface area contributed by atoms with Crippen molar-refractivity contribution >= 4 is 16.5 Å². The summed E-state index contributed by atoms with van der Waals surface area (Å²) in [5.41, 5.74) is 2.50. The molecule has 0 aromatic heterocycles. The second-order valence-corrected chi connectivity index (χ2v) is 5.15. The van der Waals surface area contributed by atoms with E-state index in [0.29, 0.717) is 0 Å². The smallest absolute Gasteiger partial charge is 0.0347 e. The topological polar surface area (TPSA) is 24.1 Å². The SMILES string of the molecule is c1ccc(CNCCNc2ccc3ccccc3c2)cc1. The minimum Gasteiger partial charge on any atom is -0.384 e. The van der Waals surface area contributed by atoms with Gasteiger partial charge in [-0.2, -0.15) is 0 Å². The molecule has 0 bridgehead atoms. The summed E-state index contributed by atoms with van der Waals surface area (Å²) in [6, 6.07) is 25.4. The predicted octanol–water partition coefficient (Wildman–Crippen LogP) is 4.04. The van der Waals surface area contributed by atoms with Gasteiger partial charge in [-0.05, 0) is 28.5 Å². The van der Waals surface area contributed by atoms with E-state index in [9.17, 15) is 0 Å². The average Bonchev–Trinajstić information content (AvgIpc) is 2.55. The lowest BCUT2D eigenvalue weighted by Gasteiger charge is -2.09. The van der Waals surface area contributed by atoms with Gasteiger partial charge in [0.15, 0.2) is 0 Å². The fraction of sp³-hybridized carbons (Fsp3) is 0.158. The van der Waals surface area contributed by atoms with Crippen LogP contribution in [0.5, 0.6) is 0 Å². The highest BCUT2D eigenvalue weighted by Crippen LogP contribution is 2.18. The quantitative estimate of drug-likeness (QED) is 0.664. The van der Waals surface area contributed by atoms with E-state index in [1.54, 1.807) is 0 Å². The fourth-order valence-corrected chi connectivity index (χ4v) is 2.42. The molecule has 106 valence electrons. The molecule has 0 radical (unpaired) electrons. The molecule has 0 saturated heterocycles. The van der Waals surface area contributed by atoms with E-state index in [2.05, 4.69) is 77.4 Å². The maximum absolute atomic E-state index is 3.46. The van der Waals surface area contributed by atoms with Crippen LogP contribution in [0.3, 0.4) is 0 Å². The lowest BCUT2D eigenvalue weighted by Crippen LogP contribution is -2.21. The molecule has 2 N–H and O–H groups in total. The number of anilines is 1. The highest BCUT2D eigenvalue weighted by atomic mass is 14.9. The molecule has 0 fully saturated rings. The van der Waals surface area contributed by atoms with Crippen LogP contribution in [0, 0.1) is 0 Å². The molecule has 0 aliphatic heterocycles. The van der Waals surface area contributed by atoms with Crippen molar-refractivity contribution in [3.63, 3.8) is 0 Å². The van der Waals surface area contributed by atoms with Gasteiger partial charge in [-0.25, -0.2) is 0 Å². The summed E-state index contributed by atoms with van der Waals surface area (Å²) in [7, 11) is 0. The number of benzene rings is 3. The van der Waals surface area contributed by atoms with Crippen LogP contribution >= 0.6 is 0 Å². The third-order valence-corrected chi connectivity index (χ3v) is 3.55. The average molecular weight is 276 g/mol. The minimum atomic E-state index is 0.917. The van der Waals surface area contributed by atoms with Gasteiger partial charge in [-0.3, -0.25) is 0 Å². The van der Waals surface area contributed by atoms with Gasteiger partial charge in [-0.1, -0.05) is 60.7 Å². The Kier molecular flexibility index (Phi) is 4.49. The molecular weight excluding hydrogens is 256 g/mol. The van der Waals surface area contributed by atoms with Gasteiger partial charge in [0, 0.05) is 25.3 Å². The number of fused-ring (bicyclic) bond motifs is 1. The van der Waals surface area contributed by atoms with Gasteiger partial charge < -0.3 is 10.6 Å². The van der Waals surface area contributed by atoms with Crippen LogP contribution in [0.2, 0.25) is 0 Å². The Bertz CT molecular complexity index is 692. The summed E-state index contributed by atoms with van der Waals surface area (Å²) >= 11 is 0. The van der Waals surface area contributed by atoms with Crippen molar-refractivity contribution in [1.29, 1.82) is 0 Å². The van der Waals surface area contributed by atoms with E-state index in [1.165, 1.54) is 22.0 Å². The molecule has 3 aromatic carbocycles. The molecule has 0 atom stereocenters. The summed E-state index contributed by atoms with van der Waals surface area (Å²) in [5, 5.41) is 9.47. The molecule has 0 saturated carbocycles. The zero-order chi connectivity index (χ0) is 14.3. The highest BCUT2D eigenvalue weighted by Gasteiger charge is 1.95. The largest absolute Gasteiger partial charge is 0.384 e. The molecule has 0 aliphatic rings. The van der Waals surface area contributed by atoms with Crippen LogP contribution in [0.15, 0.2) is 72.8 Å². The predicted molar refractivity (Wildman–Crippen MR) is 90.6 cm³/mol. The Labute approximate surface area is 125 Å². The Balaban J connectivity index is 1.46. The first kappa shape index (κ1) is 13.7. The molecule has 0 heterocycles. The Morgan fingerprint density at radius 1 is 0.667 bits per heavy atom. The zero-order valence-electron chi connectivity index (χ0n) is 12.0. The molecule has 0 aliphatic carbocycles. The number of hydrogen-bond donors (Lipinski definition) is 2. The van der Waals surface area contributed by atoms with Crippen LogP contribution in [0.1, 0.15) is 5.56 Å². The standard InChI is InChI=1S/C19H20N2/c1-2-6-16(7-3-1)15-20-12-13-21-19-11-10-17-8-4-5-9-18(17)14-19/h1-11,14,20-21H,12-13,15H2. The normalized spacial score (nSPS) is 10.7. The number of rotatable bonds is 6. The van der Waals surface area contributed by atoms with Crippen molar-refractivity contribution < 1.29 is 0 Å². The van der Waals surface area contributed by atoms with Gasteiger partial charge in [0.1, 0.15) is 0 Å². The van der Waals surface area contributed by atoms with Crippen LogP contribution in [0.25, 0.3) is 10.8 Å². The Morgan fingerprint density at radius 2 is 1.43 bits per heavy atom. The van der Waals surface area contributed by atoms with Crippen LogP contribution in [-0.2, 0) is 6.54 Å². The number of nitrogens with one attached hydrogen (secondary N) is 2. The summed E-state index contributed by atoms with van der Waals surface area (Å²) in [5.74, 6) is 0.